The molecule has 2 aromatic carbocycles. The first kappa shape index (κ1) is 16.4. The van der Waals surface area contributed by atoms with Crippen molar-refractivity contribution in [1.82, 2.24) is 0 Å². The van der Waals surface area contributed by atoms with Gasteiger partial charge in [-0.15, -0.1) is 0 Å². The fourth-order valence-corrected chi connectivity index (χ4v) is 3.34. The highest BCUT2D eigenvalue weighted by molar-refractivity contribution is 9.10. The maximum absolute atomic E-state index is 5.54. The molecule has 0 aromatic heterocycles. The summed E-state index contributed by atoms with van der Waals surface area (Å²) in [5.74, 6) is 1.72. The van der Waals surface area contributed by atoms with Crippen LogP contribution < -0.4 is 9.47 Å². The Labute approximate surface area is 142 Å². The van der Waals surface area contributed by atoms with Crippen LogP contribution in [0.1, 0.15) is 27.1 Å². The fourth-order valence-electron chi connectivity index (χ4n) is 2.26. The van der Waals surface area contributed by atoms with Crippen molar-refractivity contribution in [3.8, 4) is 11.5 Å². The first-order valence-electron chi connectivity index (χ1n) is 6.60. The van der Waals surface area contributed by atoms with Crippen LogP contribution in [0.3, 0.4) is 0 Å². The molecule has 21 heavy (non-hydrogen) atoms. The van der Waals surface area contributed by atoms with Crippen molar-refractivity contribution in [3.63, 3.8) is 0 Å². The maximum Gasteiger partial charge on any atom is 0.123 e. The number of hydrogen-bond donors (Lipinski definition) is 0. The van der Waals surface area contributed by atoms with Crippen LogP contribution in [0.4, 0.5) is 0 Å². The van der Waals surface area contributed by atoms with Gasteiger partial charge in [-0.05, 0) is 37.6 Å². The minimum absolute atomic E-state index is 0.000741. The predicted molar refractivity (Wildman–Crippen MR) is 93.9 cm³/mol. The average molecular weight is 414 g/mol. The second-order valence-corrected chi connectivity index (χ2v) is 6.72. The highest BCUT2D eigenvalue weighted by atomic mass is 79.9. The van der Waals surface area contributed by atoms with E-state index in [1.165, 1.54) is 5.56 Å². The first-order valence-corrected chi connectivity index (χ1v) is 8.31. The highest BCUT2D eigenvalue weighted by Gasteiger charge is 2.20. The fraction of sp³-hybridized carbons (Fsp3) is 0.294. The van der Waals surface area contributed by atoms with Crippen LogP contribution in [-0.4, -0.2) is 14.2 Å². The number of aryl methyl sites for hydroxylation is 2. The largest absolute Gasteiger partial charge is 0.496 e. The number of halogens is 2. The number of rotatable bonds is 4. The van der Waals surface area contributed by atoms with Gasteiger partial charge >= 0.3 is 0 Å². The lowest BCUT2D eigenvalue weighted by Crippen LogP contribution is -2.01. The van der Waals surface area contributed by atoms with Crippen LogP contribution in [0.2, 0.25) is 0 Å². The molecule has 0 aliphatic rings. The lowest BCUT2D eigenvalue weighted by molar-refractivity contribution is 0.405. The standard InChI is InChI=1S/C17H18Br2O2/c1-10-5-6-15(20-3)12(7-10)17(19)13-9-14(18)11(2)8-16(13)21-4/h5-9,17H,1-4H3. The molecule has 0 N–H and O–H groups in total. The Balaban J connectivity index is 2.56. The van der Waals surface area contributed by atoms with E-state index < -0.39 is 0 Å². The van der Waals surface area contributed by atoms with E-state index in [1.54, 1.807) is 14.2 Å². The van der Waals surface area contributed by atoms with E-state index in [-0.39, 0.29) is 4.83 Å². The van der Waals surface area contributed by atoms with E-state index in [0.29, 0.717) is 0 Å². The van der Waals surface area contributed by atoms with Crippen molar-refractivity contribution >= 4 is 31.9 Å². The second kappa shape index (κ2) is 6.84. The maximum atomic E-state index is 5.54. The van der Waals surface area contributed by atoms with Crippen molar-refractivity contribution in [1.29, 1.82) is 0 Å². The van der Waals surface area contributed by atoms with E-state index in [4.69, 9.17) is 9.47 Å². The van der Waals surface area contributed by atoms with Crippen LogP contribution >= 0.6 is 31.9 Å². The Morgan fingerprint density at radius 1 is 0.905 bits per heavy atom. The summed E-state index contributed by atoms with van der Waals surface area (Å²) < 4.78 is 12.1. The molecule has 1 atom stereocenters. The van der Waals surface area contributed by atoms with Gasteiger partial charge in [0.15, 0.2) is 0 Å². The molecule has 0 aliphatic heterocycles. The van der Waals surface area contributed by atoms with Crippen LogP contribution in [0.25, 0.3) is 0 Å². The zero-order chi connectivity index (χ0) is 15.6. The summed E-state index contributed by atoms with van der Waals surface area (Å²) in [5.41, 5.74) is 4.50. The van der Waals surface area contributed by atoms with Crippen molar-refractivity contribution in [2.75, 3.05) is 14.2 Å². The first-order chi connectivity index (χ1) is 9.97. The smallest absolute Gasteiger partial charge is 0.123 e. The summed E-state index contributed by atoms with van der Waals surface area (Å²) in [6.45, 7) is 4.12. The molecule has 2 rings (SSSR count). The van der Waals surface area contributed by atoms with Gasteiger partial charge in [-0.3, -0.25) is 0 Å². The molecule has 0 radical (unpaired) electrons. The second-order valence-electron chi connectivity index (χ2n) is 4.95. The molecule has 112 valence electrons. The molecule has 0 aliphatic carbocycles. The zero-order valence-electron chi connectivity index (χ0n) is 12.5. The number of ether oxygens (including phenoxy) is 2. The molecular formula is C17H18Br2O2. The van der Waals surface area contributed by atoms with Gasteiger partial charge in [-0.1, -0.05) is 49.6 Å². The molecule has 0 fully saturated rings. The van der Waals surface area contributed by atoms with E-state index in [1.807, 2.05) is 25.1 Å². The summed E-state index contributed by atoms with van der Waals surface area (Å²) >= 11 is 7.38. The van der Waals surface area contributed by atoms with Gasteiger partial charge in [-0.25, -0.2) is 0 Å². The van der Waals surface area contributed by atoms with Crippen LogP contribution in [0.15, 0.2) is 34.8 Å². The predicted octanol–water partition coefficient (Wildman–Crippen LogP) is 5.57. The van der Waals surface area contributed by atoms with Gasteiger partial charge in [0.1, 0.15) is 11.5 Å². The van der Waals surface area contributed by atoms with Crippen molar-refractivity contribution in [3.05, 3.63) is 57.1 Å². The van der Waals surface area contributed by atoms with Crippen LogP contribution in [0.5, 0.6) is 11.5 Å². The third-order valence-corrected chi connectivity index (χ3v) is 5.28. The van der Waals surface area contributed by atoms with E-state index >= 15 is 0 Å². The van der Waals surface area contributed by atoms with Gasteiger partial charge < -0.3 is 9.47 Å². The van der Waals surface area contributed by atoms with Gasteiger partial charge in [0.05, 0.1) is 19.0 Å². The zero-order valence-corrected chi connectivity index (χ0v) is 15.7. The Hall–Kier alpha value is -1.00. The van der Waals surface area contributed by atoms with E-state index in [0.717, 1.165) is 32.7 Å². The van der Waals surface area contributed by atoms with Crippen molar-refractivity contribution in [2.24, 2.45) is 0 Å². The summed E-state index contributed by atoms with van der Waals surface area (Å²) in [5, 5.41) is 0. The van der Waals surface area contributed by atoms with Crippen LogP contribution in [0, 0.1) is 13.8 Å². The highest BCUT2D eigenvalue weighted by Crippen LogP contribution is 2.42. The van der Waals surface area contributed by atoms with Gasteiger partial charge in [0.2, 0.25) is 0 Å². The molecular weight excluding hydrogens is 396 g/mol. The molecule has 0 saturated heterocycles. The van der Waals surface area contributed by atoms with Crippen molar-refractivity contribution < 1.29 is 9.47 Å². The number of hydrogen-bond acceptors (Lipinski definition) is 2. The Kier molecular flexibility index (Phi) is 5.33. The average Bonchev–Trinajstić information content (AvgIpc) is 2.48. The molecule has 0 amide bonds. The van der Waals surface area contributed by atoms with E-state index in [9.17, 15) is 0 Å². The SMILES string of the molecule is COc1ccc(C)cc1C(Br)c1cc(Br)c(C)cc1OC. The molecule has 2 aromatic rings. The molecule has 0 spiro atoms. The quantitative estimate of drug-likeness (QED) is 0.610. The topological polar surface area (TPSA) is 18.5 Å². The lowest BCUT2D eigenvalue weighted by Gasteiger charge is -2.19. The molecule has 0 saturated carbocycles. The summed E-state index contributed by atoms with van der Waals surface area (Å²) in [7, 11) is 3.38. The third-order valence-electron chi connectivity index (χ3n) is 3.44. The normalized spacial score (nSPS) is 12.1. The van der Waals surface area contributed by atoms with Gasteiger partial charge in [0, 0.05) is 15.6 Å². The monoisotopic (exact) mass is 412 g/mol. The molecule has 4 heteroatoms. The van der Waals surface area contributed by atoms with Crippen LogP contribution in [-0.2, 0) is 0 Å². The number of alkyl halides is 1. The Bertz CT molecular complexity index is 653. The minimum Gasteiger partial charge on any atom is -0.496 e. The number of benzene rings is 2. The third kappa shape index (κ3) is 3.43. The summed E-state index contributed by atoms with van der Waals surface area (Å²) in [6, 6.07) is 10.3. The lowest BCUT2D eigenvalue weighted by atomic mass is 10.00. The Morgan fingerprint density at radius 3 is 2.14 bits per heavy atom. The number of methoxy groups -OCH3 is 2. The van der Waals surface area contributed by atoms with Gasteiger partial charge in [-0.2, -0.15) is 0 Å². The molecule has 0 bridgehead atoms. The molecule has 2 nitrogen and oxygen atoms in total. The van der Waals surface area contributed by atoms with Crippen molar-refractivity contribution in [2.45, 2.75) is 18.7 Å². The minimum atomic E-state index is -0.000741. The van der Waals surface area contributed by atoms with Gasteiger partial charge in [0.25, 0.3) is 0 Å². The summed E-state index contributed by atoms with van der Waals surface area (Å²) in [6.07, 6.45) is 0. The van der Waals surface area contributed by atoms with E-state index in [2.05, 4.69) is 50.9 Å². The Morgan fingerprint density at radius 2 is 1.52 bits per heavy atom. The molecule has 0 heterocycles. The molecule has 1 unspecified atom stereocenters. The summed E-state index contributed by atoms with van der Waals surface area (Å²) in [4.78, 5) is -0.000741.